The van der Waals surface area contributed by atoms with Crippen molar-refractivity contribution in [3.05, 3.63) is 63.0 Å². The summed E-state index contributed by atoms with van der Waals surface area (Å²) in [7, 11) is 5.15. The molecule has 0 fully saturated rings. The second-order valence-electron chi connectivity index (χ2n) is 6.46. The van der Waals surface area contributed by atoms with Gasteiger partial charge in [-0.1, -0.05) is 0 Å². The highest BCUT2D eigenvalue weighted by atomic mass is 32.1. The molecular formula is C20H20N4O4S. The summed E-state index contributed by atoms with van der Waals surface area (Å²) >= 11 is 1.35. The quantitative estimate of drug-likeness (QED) is 0.477. The predicted octanol–water partition coefficient (Wildman–Crippen LogP) is 4.35. The molecular weight excluding hydrogens is 392 g/mol. The number of carbonyl (C=O) groups is 1. The largest absolute Gasteiger partial charge is 0.497 e. The van der Waals surface area contributed by atoms with E-state index in [0.717, 1.165) is 21.9 Å². The summed E-state index contributed by atoms with van der Waals surface area (Å²) in [6.07, 6.45) is 0. The summed E-state index contributed by atoms with van der Waals surface area (Å²) in [6.45, 7) is 1.92. The van der Waals surface area contributed by atoms with Crippen LogP contribution in [0.15, 0.2) is 42.5 Å². The molecule has 3 rings (SSSR count). The van der Waals surface area contributed by atoms with Crippen LogP contribution in [0.25, 0.3) is 11.3 Å². The van der Waals surface area contributed by atoms with Gasteiger partial charge in [0.15, 0.2) is 5.13 Å². The fourth-order valence-electron chi connectivity index (χ4n) is 2.84. The molecule has 3 aromatic rings. The van der Waals surface area contributed by atoms with Crippen LogP contribution in [0.4, 0.5) is 16.5 Å². The zero-order valence-electron chi connectivity index (χ0n) is 16.4. The van der Waals surface area contributed by atoms with Crippen LogP contribution in [0.3, 0.4) is 0 Å². The second kappa shape index (κ2) is 8.27. The summed E-state index contributed by atoms with van der Waals surface area (Å²) in [4.78, 5) is 30.6. The molecule has 1 aromatic heterocycles. The topological polar surface area (TPSA) is 97.6 Å². The second-order valence-corrected chi connectivity index (χ2v) is 7.66. The molecule has 9 heteroatoms. The zero-order valence-corrected chi connectivity index (χ0v) is 17.2. The van der Waals surface area contributed by atoms with E-state index in [0.29, 0.717) is 10.8 Å². The van der Waals surface area contributed by atoms with Gasteiger partial charge in [0.05, 0.1) is 23.3 Å². The van der Waals surface area contributed by atoms with Crippen LogP contribution in [-0.2, 0) is 0 Å². The Morgan fingerprint density at radius 2 is 1.90 bits per heavy atom. The van der Waals surface area contributed by atoms with Crippen molar-refractivity contribution in [2.75, 3.05) is 31.4 Å². The number of nitro benzene ring substituents is 1. The Labute approximate surface area is 171 Å². The molecule has 150 valence electrons. The van der Waals surface area contributed by atoms with Crippen molar-refractivity contribution in [2.45, 2.75) is 6.92 Å². The lowest BCUT2D eigenvalue weighted by Crippen LogP contribution is -2.18. The Balaban J connectivity index is 1.90. The Morgan fingerprint density at radius 3 is 2.48 bits per heavy atom. The van der Waals surface area contributed by atoms with Gasteiger partial charge in [-0.15, -0.1) is 11.3 Å². The smallest absolute Gasteiger partial charge is 0.270 e. The molecule has 0 radical (unpaired) electrons. The normalized spacial score (nSPS) is 10.5. The maximum Gasteiger partial charge on any atom is 0.270 e. The van der Waals surface area contributed by atoms with Crippen molar-refractivity contribution in [3.63, 3.8) is 0 Å². The van der Waals surface area contributed by atoms with Gasteiger partial charge < -0.3 is 9.64 Å². The van der Waals surface area contributed by atoms with Gasteiger partial charge in [0.1, 0.15) is 5.75 Å². The maximum absolute atomic E-state index is 12.8. The van der Waals surface area contributed by atoms with Crippen molar-refractivity contribution in [1.29, 1.82) is 0 Å². The van der Waals surface area contributed by atoms with E-state index < -0.39 is 10.8 Å². The van der Waals surface area contributed by atoms with Crippen molar-refractivity contribution < 1.29 is 14.5 Å². The van der Waals surface area contributed by atoms with Crippen LogP contribution in [-0.4, -0.2) is 37.0 Å². The number of nitro groups is 1. The molecule has 0 saturated heterocycles. The number of non-ortho nitro benzene ring substituents is 1. The molecule has 0 saturated carbocycles. The first-order valence-electron chi connectivity index (χ1n) is 8.69. The van der Waals surface area contributed by atoms with Gasteiger partial charge in [-0.25, -0.2) is 4.98 Å². The first-order valence-corrected chi connectivity index (χ1v) is 9.50. The minimum absolute atomic E-state index is 0.144. The third-order valence-electron chi connectivity index (χ3n) is 4.30. The highest BCUT2D eigenvalue weighted by molar-refractivity contribution is 7.16. The molecule has 0 spiro atoms. The molecule has 1 N–H and O–H groups in total. The van der Waals surface area contributed by atoms with E-state index in [-0.39, 0.29) is 11.3 Å². The number of nitrogens with one attached hydrogen (secondary N) is 1. The van der Waals surface area contributed by atoms with Gasteiger partial charge in [0, 0.05) is 42.4 Å². The fourth-order valence-corrected chi connectivity index (χ4v) is 3.67. The summed E-state index contributed by atoms with van der Waals surface area (Å²) in [6, 6.07) is 11.7. The zero-order chi connectivity index (χ0) is 21.1. The molecule has 1 heterocycles. The van der Waals surface area contributed by atoms with Gasteiger partial charge >= 0.3 is 0 Å². The lowest BCUT2D eigenvalue weighted by atomic mass is 10.1. The van der Waals surface area contributed by atoms with Crippen molar-refractivity contribution in [2.24, 2.45) is 0 Å². The number of hydrogen-bond donors (Lipinski definition) is 1. The summed E-state index contributed by atoms with van der Waals surface area (Å²) < 4.78 is 5.17. The van der Waals surface area contributed by atoms with E-state index in [9.17, 15) is 14.9 Å². The molecule has 0 unspecified atom stereocenters. The van der Waals surface area contributed by atoms with E-state index in [1.54, 1.807) is 32.2 Å². The number of methoxy groups -OCH3 is 1. The number of aryl methyl sites for hydroxylation is 1. The molecule has 0 atom stereocenters. The molecule has 0 aliphatic rings. The van der Waals surface area contributed by atoms with Crippen LogP contribution < -0.4 is 15.0 Å². The van der Waals surface area contributed by atoms with Crippen molar-refractivity contribution in [3.8, 4) is 17.0 Å². The average molecular weight is 412 g/mol. The third kappa shape index (κ3) is 4.35. The van der Waals surface area contributed by atoms with E-state index >= 15 is 0 Å². The number of hydrogen-bond acceptors (Lipinski definition) is 7. The maximum atomic E-state index is 12.8. The van der Waals surface area contributed by atoms with Gasteiger partial charge in [-0.2, -0.15) is 0 Å². The van der Waals surface area contributed by atoms with Crippen molar-refractivity contribution >= 4 is 33.8 Å². The van der Waals surface area contributed by atoms with E-state index in [1.807, 2.05) is 31.2 Å². The highest BCUT2D eigenvalue weighted by Crippen LogP contribution is 2.32. The summed E-state index contributed by atoms with van der Waals surface area (Å²) in [5.41, 5.74) is 2.32. The lowest BCUT2D eigenvalue weighted by molar-refractivity contribution is -0.384. The number of nitrogens with zero attached hydrogens (tertiary/aromatic N) is 3. The molecule has 1 amide bonds. The van der Waals surface area contributed by atoms with E-state index in [4.69, 9.17) is 4.74 Å². The number of carbonyl (C=O) groups excluding carboxylic acids is 1. The Bertz CT molecular complexity index is 1060. The minimum atomic E-state index is -0.522. The monoisotopic (exact) mass is 412 g/mol. The van der Waals surface area contributed by atoms with Crippen molar-refractivity contribution in [1.82, 2.24) is 4.98 Å². The number of ether oxygens (including phenoxy) is 1. The number of anilines is 2. The van der Waals surface area contributed by atoms with Crippen LogP contribution in [0, 0.1) is 17.0 Å². The molecule has 0 aliphatic carbocycles. The predicted molar refractivity (Wildman–Crippen MR) is 114 cm³/mol. The van der Waals surface area contributed by atoms with Crippen LogP contribution in [0.2, 0.25) is 0 Å². The summed E-state index contributed by atoms with van der Waals surface area (Å²) in [5.74, 6) is 0.296. The lowest BCUT2D eigenvalue weighted by Gasteiger charge is -2.16. The van der Waals surface area contributed by atoms with E-state index in [2.05, 4.69) is 10.3 Å². The van der Waals surface area contributed by atoms with Crippen LogP contribution in [0.1, 0.15) is 15.2 Å². The van der Waals surface area contributed by atoms with Gasteiger partial charge in [-0.05, 0) is 37.3 Å². The Hall–Kier alpha value is -3.46. The molecule has 29 heavy (non-hydrogen) atoms. The number of aromatic nitrogens is 1. The minimum Gasteiger partial charge on any atom is -0.497 e. The average Bonchev–Trinajstić information content (AvgIpc) is 3.07. The molecule has 8 nitrogen and oxygen atoms in total. The first-order chi connectivity index (χ1) is 13.8. The van der Waals surface area contributed by atoms with Crippen LogP contribution >= 0.6 is 11.3 Å². The standard InChI is InChI=1S/C20H20N4O4S/c1-12-18(13-5-8-15(28-4)9-6-13)21-20(29-12)22-19(25)16-11-14(24(26)27)7-10-17(16)23(2)3/h5-11H,1-4H3,(H,21,22,25). The van der Waals surface area contributed by atoms with Gasteiger partial charge in [0.25, 0.3) is 11.6 Å². The molecule has 0 aliphatic heterocycles. The first kappa shape index (κ1) is 20.3. The fraction of sp³-hybridized carbons (Fsp3) is 0.200. The Morgan fingerprint density at radius 1 is 1.21 bits per heavy atom. The number of rotatable bonds is 6. The van der Waals surface area contributed by atoms with E-state index in [1.165, 1.54) is 23.5 Å². The van der Waals surface area contributed by atoms with Gasteiger partial charge in [-0.3, -0.25) is 20.2 Å². The molecule has 0 bridgehead atoms. The summed E-state index contributed by atoms with van der Waals surface area (Å²) in [5, 5.41) is 14.3. The number of amides is 1. The van der Waals surface area contributed by atoms with Crippen LogP contribution in [0.5, 0.6) is 5.75 Å². The SMILES string of the molecule is COc1ccc(-c2nc(NC(=O)c3cc([N+](=O)[O-])ccc3N(C)C)sc2C)cc1. The van der Waals surface area contributed by atoms with Gasteiger partial charge in [0.2, 0.25) is 0 Å². The third-order valence-corrected chi connectivity index (χ3v) is 5.18. The highest BCUT2D eigenvalue weighted by Gasteiger charge is 2.20. The number of thiazole rings is 1. The number of benzene rings is 2. The Kier molecular flexibility index (Phi) is 5.79. The molecule has 2 aromatic carbocycles.